The van der Waals surface area contributed by atoms with Crippen LogP contribution in [0, 0.1) is 0 Å². The van der Waals surface area contributed by atoms with Gasteiger partial charge in [-0.3, -0.25) is 9.59 Å². The highest BCUT2D eigenvalue weighted by atomic mass is 32.1. The molecule has 0 saturated heterocycles. The first-order chi connectivity index (χ1) is 9.92. The third-order valence-corrected chi connectivity index (χ3v) is 3.89. The molecule has 5 nitrogen and oxygen atoms in total. The van der Waals surface area contributed by atoms with Crippen molar-refractivity contribution in [3.63, 3.8) is 0 Å². The molecule has 2 amide bonds. The van der Waals surface area contributed by atoms with E-state index in [4.69, 9.17) is 0 Å². The molecule has 1 atom stereocenters. The van der Waals surface area contributed by atoms with E-state index < -0.39 is 0 Å². The normalized spacial score (nSPS) is 12.2. The highest BCUT2D eigenvalue weighted by molar-refractivity contribution is 7.09. The fourth-order valence-corrected chi connectivity index (χ4v) is 2.77. The molecule has 6 heteroatoms. The van der Waals surface area contributed by atoms with E-state index >= 15 is 0 Å². The summed E-state index contributed by atoms with van der Waals surface area (Å²) in [5, 5.41) is 4.86. The Morgan fingerprint density at radius 3 is 2.62 bits per heavy atom. The van der Waals surface area contributed by atoms with Crippen LogP contribution in [0.4, 0.5) is 0 Å². The number of thiophene rings is 1. The number of hydrogen-bond acceptors (Lipinski definition) is 3. The number of carbonyl (C=O) groups excluding carboxylic acids is 2. The maximum absolute atomic E-state index is 12.3. The Kier molecular flexibility index (Phi) is 7.39. The minimum atomic E-state index is -0.0170. The molecule has 21 heavy (non-hydrogen) atoms. The Hall–Kier alpha value is -1.40. The van der Waals surface area contributed by atoms with Gasteiger partial charge in [-0.05, 0) is 32.2 Å². The van der Waals surface area contributed by atoms with Crippen LogP contribution in [0.15, 0.2) is 17.5 Å². The number of hydrogen-bond donors (Lipinski definition) is 2. The Bertz CT molecular complexity index is 446. The molecule has 0 aliphatic rings. The Morgan fingerprint density at radius 1 is 1.38 bits per heavy atom. The van der Waals surface area contributed by atoms with Crippen LogP contribution in [-0.4, -0.2) is 49.4 Å². The Labute approximate surface area is 130 Å². The Balaban J connectivity index is 2.44. The van der Waals surface area contributed by atoms with Crippen LogP contribution in [0.1, 0.15) is 25.6 Å². The molecule has 2 N–H and O–H groups in total. The van der Waals surface area contributed by atoms with Crippen LogP contribution < -0.4 is 10.2 Å². The molecule has 0 saturated carbocycles. The molecular weight excluding hydrogens is 286 g/mol. The van der Waals surface area contributed by atoms with Crippen molar-refractivity contribution in [2.24, 2.45) is 0 Å². The van der Waals surface area contributed by atoms with E-state index in [0.29, 0.717) is 26.2 Å². The van der Waals surface area contributed by atoms with Gasteiger partial charge in [0.05, 0.1) is 13.6 Å². The van der Waals surface area contributed by atoms with Gasteiger partial charge in [-0.2, -0.15) is 0 Å². The predicted octanol–water partition coefficient (Wildman–Crippen LogP) is 0.136. The third-order valence-electron chi connectivity index (χ3n) is 3.03. The van der Waals surface area contributed by atoms with Crippen LogP contribution >= 0.6 is 11.3 Å². The summed E-state index contributed by atoms with van der Waals surface area (Å²) in [5.74, 6) is 0.0670. The van der Waals surface area contributed by atoms with Crippen molar-refractivity contribution in [2.45, 2.75) is 33.4 Å². The molecule has 1 aromatic rings. The quantitative estimate of drug-likeness (QED) is 0.717. The molecule has 0 fully saturated rings. The van der Waals surface area contributed by atoms with Gasteiger partial charge in [-0.15, -0.1) is 11.3 Å². The number of nitrogens with zero attached hydrogens (tertiary/aromatic N) is 1. The lowest BCUT2D eigenvalue weighted by molar-refractivity contribution is -0.863. The second-order valence-electron chi connectivity index (χ2n) is 5.52. The lowest BCUT2D eigenvalue weighted by Gasteiger charge is -2.22. The summed E-state index contributed by atoms with van der Waals surface area (Å²) in [6.45, 7) is 7.83. The van der Waals surface area contributed by atoms with Crippen molar-refractivity contribution in [3.05, 3.63) is 22.4 Å². The van der Waals surface area contributed by atoms with Crippen molar-refractivity contribution < 1.29 is 14.5 Å². The van der Waals surface area contributed by atoms with Gasteiger partial charge in [0.25, 0.3) is 11.8 Å². The molecular formula is C15H26N3O2S+. The molecule has 0 radical (unpaired) electrons. The fourth-order valence-electron chi connectivity index (χ4n) is 2.05. The lowest BCUT2D eigenvalue weighted by Crippen LogP contribution is -3.11. The highest BCUT2D eigenvalue weighted by Crippen LogP contribution is 2.11. The maximum Gasteiger partial charge on any atom is 0.278 e. The van der Waals surface area contributed by atoms with Crippen molar-refractivity contribution in [1.29, 1.82) is 0 Å². The number of carbonyl (C=O) groups is 2. The summed E-state index contributed by atoms with van der Waals surface area (Å²) < 4.78 is 0. The zero-order valence-electron chi connectivity index (χ0n) is 13.3. The molecule has 1 heterocycles. The molecule has 1 unspecified atom stereocenters. The van der Waals surface area contributed by atoms with Crippen LogP contribution in [0.3, 0.4) is 0 Å². The largest absolute Gasteiger partial charge is 0.349 e. The van der Waals surface area contributed by atoms with E-state index in [1.54, 1.807) is 11.3 Å². The van der Waals surface area contributed by atoms with E-state index in [1.165, 1.54) is 4.88 Å². The van der Waals surface area contributed by atoms with Crippen molar-refractivity contribution in [3.8, 4) is 0 Å². The minimum Gasteiger partial charge on any atom is -0.349 e. The van der Waals surface area contributed by atoms with E-state index in [2.05, 4.69) is 5.32 Å². The monoisotopic (exact) mass is 312 g/mol. The molecule has 118 valence electrons. The number of rotatable bonds is 8. The van der Waals surface area contributed by atoms with Gasteiger partial charge in [0.2, 0.25) is 0 Å². The first-order valence-electron chi connectivity index (χ1n) is 7.33. The standard InChI is InChI=1S/C15H25N3O2S/c1-5-18(9-13-7-6-8-21-13)15(20)11-17(4)10-14(19)16-12(2)3/h6-8,12H,5,9-11H2,1-4H3,(H,16,19)/p+1. The number of amides is 2. The third kappa shape index (κ3) is 6.73. The van der Waals surface area contributed by atoms with Crippen LogP contribution in [0.2, 0.25) is 0 Å². The van der Waals surface area contributed by atoms with E-state index in [-0.39, 0.29) is 17.9 Å². The van der Waals surface area contributed by atoms with Gasteiger partial charge in [-0.25, -0.2) is 0 Å². The first-order valence-corrected chi connectivity index (χ1v) is 8.21. The average molecular weight is 312 g/mol. The molecule has 0 aliphatic heterocycles. The lowest BCUT2D eigenvalue weighted by atomic mass is 10.3. The van der Waals surface area contributed by atoms with Gasteiger partial charge in [0, 0.05) is 17.5 Å². The number of likely N-dealkylation sites (N-methyl/N-ethyl adjacent to an activating group) is 2. The van der Waals surface area contributed by atoms with Gasteiger partial charge in [-0.1, -0.05) is 6.07 Å². The van der Waals surface area contributed by atoms with Crippen LogP contribution in [0.25, 0.3) is 0 Å². The average Bonchev–Trinajstić information content (AvgIpc) is 2.86. The zero-order chi connectivity index (χ0) is 15.8. The molecule has 1 aromatic heterocycles. The zero-order valence-corrected chi connectivity index (χ0v) is 14.1. The predicted molar refractivity (Wildman–Crippen MR) is 85.3 cm³/mol. The summed E-state index contributed by atoms with van der Waals surface area (Å²) in [4.78, 5) is 27.9. The number of nitrogens with one attached hydrogen (secondary N) is 2. The van der Waals surface area contributed by atoms with Crippen molar-refractivity contribution in [1.82, 2.24) is 10.2 Å². The van der Waals surface area contributed by atoms with Gasteiger partial charge in [0.15, 0.2) is 13.1 Å². The smallest absolute Gasteiger partial charge is 0.278 e. The van der Waals surface area contributed by atoms with E-state index in [0.717, 1.165) is 4.90 Å². The van der Waals surface area contributed by atoms with Crippen LogP contribution in [0.5, 0.6) is 0 Å². The van der Waals surface area contributed by atoms with E-state index in [9.17, 15) is 9.59 Å². The Morgan fingerprint density at radius 2 is 2.10 bits per heavy atom. The molecule has 1 rings (SSSR count). The number of quaternary nitrogens is 1. The maximum atomic E-state index is 12.3. The first kappa shape index (κ1) is 17.7. The second-order valence-corrected chi connectivity index (χ2v) is 6.55. The van der Waals surface area contributed by atoms with Gasteiger partial charge < -0.3 is 15.1 Å². The topological polar surface area (TPSA) is 53.9 Å². The second kappa shape index (κ2) is 8.79. The van der Waals surface area contributed by atoms with Crippen molar-refractivity contribution >= 4 is 23.2 Å². The molecule has 0 bridgehead atoms. The van der Waals surface area contributed by atoms with E-state index in [1.807, 2.05) is 50.2 Å². The minimum absolute atomic E-state index is 0.0170. The van der Waals surface area contributed by atoms with Gasteiger partial charge >= 0.3 is 0 Å². The fraction of sp³-hybridized carbons (Fsp3) is 0.600. The molecule has 0 aliphatic carbocycles. The van der Waals surface area contributed by atoms with Crippen molar-refractivity contribution in [2.75, 3.05) is 26.7 Å². The summed E-state index contributed by atoms with van der Waals surface area (Å²) >= 11 is 1.66. The molecule has 0 spiro atoms. The molecule has 0 aromatic carbocycles. The highest BCUT2D eigenvalue weighted by Gasteiger charge is 2.19. The van der Waals surface area contributed by atoms with Crippen LogP contribution in [-0.2, 0) is 16.1 Å². The summed E-state index contributed by atoms with van der Waals surface area (Å²) in [6.07, 6.45) is 0. The van der Waals surface area contributed by atoms with Gasteiger partial charge in [0.1, 0.15) is 0 Å². The summed E-state index contributed by atoms with van der Waals surface area (Å²) in [5.41, 5.74) is 0. The SMILES string of the molecule is CCN(Cc1cccs1)C(=O)C[NH+](C)CC(=O)NC(C)C. The summed E-state index contributed by atoms with van der Waals surface area (Å²) in [6, 6.07) is 4.16. The summed E-state index contributed by atoms with van der Waals surface area (Å²) in [7, 11) is 1.87.